The average molecular weight is 196 g/mol. The first kappa shape index (κ1) is 10.2. The zero-order valence-electron chi connectivity index (χ0n) is 7.51. The van der Waals surface area contributed by atoms with Gasteiger partial charge in [0, 0.05) is 25.0 Å². The lowest BCUT2D eigenvalue weighted by Gasteiger charge is -2.10. The lowest BCUT2D eigenvalue weighted by molar-refractivity contribution is -0.107. The van der Waals surface area contributed by atoms with Crippen molar-refractivity contribution in [3.63, 3.8) is 0 Å². The highest BCUT2D eigenvalue weighted by atomic mass is 32.2. The van der Waals surface area contributed by atoms with E-state index in [1.54, 1.807) is 30.4 Å². The minimum atomic E-state index is 0.163. The molecule has 4 heteroatoms. The van der Waals surface area contributed by atoms with Crippen LogP contribution in [0.3, 0.4) is 0 Å². The van der Waals surface area contributed by atoms with Crippen molar-refractivity contribution in [3.8, 4) is 0 Å². The Bertz CT molecular complexity index is 253. The smallest absolute Gasteiger partial charge is 0.121 e. The predicted molar refractivity (Wildman–Crippen MR) is 53.6 cm³/mol. The maximum atomic E-state index is 10.4. The Labute approximate surface area is 82.0 Å². The highest BCUT2D eigenvalue weighted by Crippen LogP contribution is 2.28. The predicted octanol–water partition coefficient (Wildman–Crippen LogP) is 1.86. The third-order valence-corrected chi connectivity index (χ3v) is 2.76. The SMILES string of the molecule is CCSC(CC=O)c1cnccn1. The Hall–Kier alpha value is -0.900. The number of carbonyl (C=O) groups excluding carboxylic acids is 1. The molecular formula is C9H12N2OS. The number of aldehydes is 1. The first-order valence-electron chi connectivity index (χ1n) is 4.19. The van der Waals surface area contributed by atoms with E-state index in [1.165, 1.54) is 0 Å². The Morgan fingerprint density at radius 2 is 2.46 bits per heavy atom. The summed E-state index contributed by atoms with van der Waals surface area (Å²) in [6.45, 7) is 2.07. The van der Waals surface area contributed by atoms with Crippen LogP contribution in [0.1, 0.15) is 24.3 Å². The van der Waals surface area contributed by atoms with Gasteiger partial charge in [-0.3, -0.25) is 9.97 Å². The van der Waals surface area contributed by atoms with Crippen LogP contribution < -0.4 is 0 Å². The molecule has 1 rings (SSSR count). The number of thioether (sulfide) groups is 1. The molecule has 0 bridgehead atoms. The molecule has 1 unspecified atom stereocenters. The second-order valence-electron chi connectivity index (χ2n) is 2.48. The van der Waals surface area contributed by atoms with E-state index < -0.39 is 0 Å². The van der Waals surface area contributed by atoms with Crippen LogP contribution in [-0.4, -0.2) is 22.0 Å². The zero-order chi connectivity index (χ0) is 9.52. The fraction of sp³-hybridized carbons (Fsp3) is 0.444. The van der Waals surface area contributed by atoms with E-state index in [2.05, 4.69) is 16.9 Å². The van der Waals surface area contributed by atoms with Gasteiger partial charge in [-0.15, -0.1) is 0 Å². The normalized spacial score (nSPS) is 12.4. The topological polar surface area (TPSA) is 42.9 Å². The molecule has 1 heterocycles. The van der Waals surface area contributed by atoms with E-state index in [0.29, 0.717) is 6.42 Å². The van der Waals surface area contributed by atoms with Gasteiger partial charge in [-0.25, -0.2) is 0 Å². The van der Waals surface area contributed by atoms with Gasteiger partial charge in [-0.1, -0.05) is 6.92 Å². The molecule has 1 aromatic heterocycles. The molecule has 0 aliphatic carbocycles. The fourth-order valence-electron chi connectivity index (χ4n) is 1.04. The van der Waals surface area contributed by atoms with Crippen LogP contribution in [-0.2, 0) is 4.79 Å². The summed E-state index contributed by atoms with van der Waals surface area (Å²) < 4.78 is 0. The summed E-state index contributed by atoms with van der Waals surface area (Å²) in [6, 6.07) is 0. The Morgan fingerprint density at radius 1 is 1.62 bits per heavy atom. The molecule has 0 aromatic carbocycles. The van der Waals surface area contributed by atoms with Gasteiger partial charge >= 0.3 is 0 Å². The summed E-state index contributed by atoms with van der Waals surface area (Å²) in [7, 11) is 0. The maximum Gasteiger partial charge on any atom is 0.121 e. The fourth-order valence-corrected chi connectivity index (χ4v) is 1.95. The summed E-state index contributed by atoms with van der Waals surface area (Å²) in [4.78, 5) is 18.6. The van der Waals surface area contributed by atoms with Crippen LogP contribution >= 0.6 is 11.8 Å². The van der Waals surface area contributed by atoms with Crippen molar-refractivity contribution in [3.05, 3.63) is 24.3 Å². The average Bonchev–Trinajstić information content (AvgIpc) is 2.19. The van der Waals surface area contributed by atoms with Gasteiger partial charge in [0.05, 0.1) is 10.9 Å². The van der Waals surface area contributed by atoms with Crippen LogP contribution in [0.4, 0.5) is 0 Å². The Morgan fingerprint density at radius 3 is 3.00 bits per heavy atom. The number of rotatable bonds is 5. The standard InChI is InChI=1S/C9H12N2OS/c1-2-13-9(3-6-12)8-7-10-4-5-11-8/h4-7,9H,2-3H2,1H3. The van der Waals surface area contributed by atoms with E-state index in [9.17, 15) is 4.79 Å². The first-order valence-corrected chi connectivity index (χ1v) is 5.24. The van der Waals surface area contributed by atoms with Crippen molar-refractivity contribution in [2.45, 2.75) is 18.6 Å². The van der Waals surface area contributed by atoms with E-state index in [-0.39, 0.29) is 5.25 Å². The molecule has 13 heavy (non-hydrogen) atoms. The summed E-state index contributed by atoms with van der Waals surface area (Å²) >= 11 is 1.72. The van der Waals surface area contributed by atoms with Crippen LogP contribution in [0.25, 0.3) is 0 Å². The molecule has 0 spiro atoms. The number of hydrogen-bond acceptors (Lipinski definition) is 4. The van der Waals surface area contributed by atoms with E-state index in [1.807, 2.05) is 0 Å². The highest BCUT2D eigenvalue weighted by molar-refractivity contribution is 7.99. The monoisotopic (exact) mass is 196 g/mol. The van der Waals surface area contributed by atoms with Crippen LogP contribution in [0.5, 0.6) is 0 Å². The number of carbonyl (C=O) groups is 1. The van der Waals surface area contributed by atoms with Crippen molar-refractivity contribution in [2.75, 3.05) is 5.75 Å². The summed E-state index contributed by atoms with van der Waals surface area (Å²) in [6.07, 6.45) is 6.46. The molecule has 0 fully saturated rings. The summed E-state index contributed by atoms with van der Waals surface area (Å²) in [5.41, 5.74) is 0.890. The molecule has 0 N–H and O–H groups in total. The van der Waals surface area contributed by atoms with E-state index >= 15 is 0 Å². The lowest BCUT2D eigenvalue weighted by atomic mass is 10.2. The van der Waals surface area contributed by atoms with Crippen LogP contribution in [0.2, 0.25) is 0 Å². The van der Waals surface area contributed by atoms with Gasteiger partial charge in [-0.05, 0) is 5.75 Å². The quantitative estimate of drug-likeness (QED) is 0.674. The number of aromatic nitrogens is 2. The first-order chi connectivity index (χ1) is 6.38. The van der Waals surface area contributed by atoms with Crippen molar-refractivity contribution in [1.82, 2.24) is 9.97 Å². The second-order valence-corrected chi connectivity index (χ2v) is 3.96. The van der Waals surface area contributed by atoms with Crippen molar-refractivity contribution >= 4 is 18.0 Å². The third kappa shape index (κ3) is 3.14. The van der Waals surface area contributed by atoms with Gasteiger partial charge in [-0.2, -0.15) is 11.8 Å². The molecule has 1 aromatic rings. The molecular weight excluding hydrogens is 184 g/mol. The highest BCUT2D eigenvalue weighted by Gasteiger charge is 2.11. The molecule has 70 valence electrons. The summed E-state index contributed by atoms with van der Waals surface area (Å²) in [5.74, 6) is 0.981. The molecule has 0 aliphatic heterocycles. The van der Waals surface area contributed by atoms with Crippen molar-refractivity contribution < 1.29 is 4.79 Å². The number of nitrogens with zero attached hydrogens (tertiary/aromatic N) is 2. The summed E-state index contributed by atoms with van der Waals surface area (Å²) in [5, 5.41) is 0.163. The van der Waals surface area contributed by atoms with Gasteiger partial charge in [0.25, 0.3) is 0 Å². The van der Waals surface area contributed by atoms with Gasteiger partial charge in [0.15, 0.2) is 0 Å². The molecule has 0 saturated carbocycles. The maximum absolute atomic E-state index is 10.4. The lowest BCUT2D eigenvalue weighted by Crippen LogP contribution is -1.99. The molecule has 3 nitrogen and oxygen atoms in total. The minimum absolute atomic E-state index is 0.163. The molecule has 0 radical (unpaired) electrons. The Balaban J connectivity index is 2.69. The Kier molecular flexibility index (Phi) is 4.46. The van der Waals surface area contributed by atoms with Crippen molar-refractivity contribution in [2.24, 2.45) is 0 Å². The van der Waals surface area contributed by atoms with E-state index in [0.717, 1.165) is 17.7 Å². The van der Waals surface area contributed by atoms with Crippen molar-refractivity contribution in [1.29, 1.82) is 0 Å². The third-order valence-electron chi connectivity index (χ3n) is 1.59. The second kappa shape index (κ2) is 5.70. The molecule has 0 amide bonds. The molecule has 0 saturated heterocycles. The van der Waals surface area contributed by atoms with Gasteiger partial charge in [0.1, 0.15) is 6.29 Å². The largest absolute Gasteiger partial charge is 0.303 e. The van der Waals surface area contributed by atoms with Gasteiger partial charge in [0.2, 0.25) is 0 Å². The minimum Gasteiger partial charge on any atom is -0.303 e. The zero-order valence-corrected chi connectivity index (χ0v) is 8.33. The van der Waals surface area contributed by atoms with Gasteiger partial charge < -0.3 is 4.79 Å². The van der Waals surface area contributed by atoms with E-state index in [4.69, 9.17) is 0 Å². The molecule has 0 aliphatic rings. The number of hydrogen-bond donors (Lipinski definition) is 0. The van der Waals surface area contributed by atoms with Crippen LogP contribution in [0, 0.1) is 0 Å². The molecule has 1 atom stereocenters. The van der Waals surface area contributed by atoms with Crippen LogP contribution in [0.15, 0.2) is 18.6 Å².